The maximum Gasteiger partial charge on any atom is 0.273 e. The van der Waals surface area contributed by atoms with Crippen molar-refractivity contribution in [2.24, 2.45) is 11.8 Å². The van der Waals surface area contributed by atoms with Crippen molar-refractivity contribution in [1.29, 1.82) is 0 Å². The molecule has 0 bridgehead atoms. The van der Waals surface area contributed by atoms with E-state index in [1.165, 1.54) is 43.4 Å². The van der Waals surface area contributed by atoms with Crippen molar-refractivity contribution in [3.05, 3.63) is 23.0 Å². The quantitative estimate of drug-likeness (QED) is 0.800. The molecule has 1 saturated heterocycles. The zero-order valence-corrected chi connectivity index (χ0v) is 18.3. The summed E-state index contributed by atoms with van der Waals surface area (Å²) in [6.45, 7) is 1.52. The molecule has 30 heavy (non-hydrogen) atoms. The van der Waals surface area contributed by atoms with Crippen LogP contribution in [0.3, 0.4) is 0 Å². The molecule has 2 aromatic rings. The molecule has 1 amide bonds. The molecule has 3 aliphatic rings. The minimum Gasteiger partial charge on any atom is -0.379 e. The number of rotatable bonds is 4. The molecule has 2 aliphatic carbocycles. The van der Waals surface area contributed by atoms with Crippen LogP contribution in [0.2, 0.25) is 0 Å². The number of hydrogen-bond donors (Lipinski definition) is 1. The van der Waals surface area contributed by atoms with Crippen LogP contribution in [0.5, 0.6) is 0 Å². The van der Waals surface area contributed by atoms with Gasteiger partial charge in [0.25, 0.3) is 5.91 Å². The molecule has 1 aliphatic heterocycles. The third-order valence-electron chi connectivity index (χ3n) is 7.31. The van der Waals surface area contributed by atoms with Crippen LogP contribution in [0, 0.1) is 11.8 Å². The molecule has 4 atom stereocenters. The van der Waals surface area contributed by atoms with Gasteiger partial charge in [-0.3, -0.25) is 4.79 Å². The van der Waals surface area contributed by atoms with Crippen molar-refractivity contribution in [2.75, 3.05) is 25.9 Å². The summed E-state index contributed by atoms with van der Waals surface area (Å²) in [6.07, 6.45) is 10.5. The fourth-order valence-electron chi connectivity index (χ4n) is 5.67. The summed E-state index contributed by atoms with van der Waals surface area (Å²) in [4.78, 5) is 18.9. The van der Waals surface area contributed by atoms with Gasteiger partial charge in [0, 0.05) is 37.7 Å². The molecular weight excluding hydrogens is 400 g/mol. The molecule has 3 heterocycles. The Morgan fingerprint density at radius 2 is 1.97 bits per heavy atom. The number of carbonyl (C=O) groups is 1. The van der Waals surface area contributed by atoms with Gasteiger partial charge in [0.15, 0.2) is 5.13 Å². The highest BCUT2D eigenvalue weighted by Gasteiger charge is 2.45. The molecule has 8 nitrogen and oxygen atoms in total. The van der Waals surface area contributed by atoms with Gasteiger partial charge in [-0.25, -0.2) is 9.67 Å². The van der Waals surface area contributed by atoms with Gasteiger partial charge in [0.05, 0.1) is 17.8 Å². The van der Waals surface area contributed by atoms with E-state index in [0.29, 0.717) is 28.6 Å². The molecule has 2 saturated carbocycles. The average Bonchev–Trinajstić information content (AvgIpc) is 3.51. The Kier molecular flexibility index (Phi) is 5.49. The lowest BCUT2D eigenvalue weighted by molar-refractivity contribution is -0.00547. The van der Waals surface area contributed by atoms with Crippen molar-refractivity contribution in [3.8, 4) is 0 Å². The highest BCUT2D eigenvalue weighted by molar-refractivity contribution is 7.13. The summed E-state index contributed by atoms with van der Waals surface area (Å²) in [5, 5.41) is 11.2. The summed E-state index contributed by atoms with van der Waals surface area (Å²) in [7, 11) is 1.78. The molecule has 5 rings (SSSR count). The first-order valence-electron chi connectivity index (χ1n) is 11.1. The van der Waals surface area contributed by atoms with Crippen LogP contribution in [0.15, 0.2) is 11.6 Å². The lowest BCUT2D eigenvalue weighted by atomic mass is 9.77. The topological polar surface area (TPSA) is 99.2 Å². The monoisotopic (exact) mass is 430 g/mol. The van der Waals surface area contributed by atoms with Gasteiger partial charge in [0.2, 0.25) is 0 Å². The van der Waals surface area contributed by atoms with Gasteiger partial charge in [0.1, 0.15) is 5.69 Å². The number of nitrogens with zero attached hydrogens (tertiary/aromatic N) is 5. The summed E-state index contributed by atoms with van der Waals surface area (Å²) in [5.41, 5.74) is 7.31. The van der Waals surface area contributed by atoms with E-state index >= 15 is 0 Å². The maximum atomic E-state index is 12.8. The normalized spacial score (nSPS) is 29.8. The van der Waals surface area contributed by atoms with Gasteiger partial charge in [-0.2, -0.15) is 0 Å². The number of carbonyl (C=O) groups excluding carboxylic acids is 1. The molecule has 0 radical (unpaired) electrons. The number of fused-ring (bicyclic) bond motifs is 1. The summed E-state index contributed by atoms with van der Waals surface area (Å²) in [5.74, 6) is 1.44. The number of thiazole rings is 1. The lowest BCUT2D eigenvalue weighted by Gasteiger charge is -2.36. The molecule has 0 unspecified atom stereocenters. The number of aromatic nitrogens is 4. The number of nitrogen functional groups attached to an aromatic ring is 1. The van der Waals surface area contributed by atoms with Gasteiger partial charge in [-0.15, -0.1) is 16.4 Å². The molecule has 3 fully saturated rings. The number of likely N-dealkylation sites (tertiary alicyclic amines) is 1. The zero-order chi connectivity index (χ0) is 20.7. The second-order valence-electron chi connectivity index (χ2n) is 9.07. The lowest BCUT2D eigenvalue weighted by Crippen LogP contribution is -2.37. The summed E-state index contributed by atoms with van der Waals surface area (Å²) in [6, 6.07) is 0.172. The van der Waals surface area contributed by atoms with E-state index in [9.17, 15) is 4.79 Å². The number of hydrogen-bond acceptors (Lipinski definition) is 7. The second-order valence-corrected chi connectivity index (χ2v) is 9.96. The van der Waals surface area contributed by atoms with Crippen LogP contribution >= 0.6 is 11.3 Å². The second kappa shape index (κ2) is 8.26. The Labute approximate surface area is 180 Å². The summed E-state index contributed by atoms with van der Waals surface area (Å²) >= 11 is 1.31. The molecule has 9 heteroatoms. The first kappa shape index (κ1) is 19.9. The van der Waals surface area contributed by atoms with Crippen LogP contribution in [-0.2, 0) is 4.74 Å². The minimum atomic E-state index is -0.0109. The van der Waals surface area contributed by atoms with Crippen LogP contribution in [-0.4, -0.2) is 57.1 Å². The van der Waals surface area contributed by atoms with Crippen molar-refractivity contribution in [1.82, 2.24) is 24.9 Å². The number of nitrogens with two attached hydrogens (primary N) is 1. The predicted molar refractivity (Wildman–Crippen MR) is 114 cm³/mol. The van der Waals surface area contributed by atoms with E-state index in [4.69, 9.17) is 10.5 Å². The summed E-state index contributed by atoms with van der Waals surface area (Å²) < 4.78 is 7.93. The smallest absolute Gasteiger partial charge is 0.273 e. The predicted octanol–water partition coefficient (Wildman–Crippen LogP) is 3.10. The van der Waals surface area contributed by atoms with E-state index in [2.05, 4.69) is 21.5 Å². The van der Waals surface area contributed by atoms with Crippen LogP contribution in [0.1, 0.15) is 73.1 Å². The van der Waals surface area contributed by atoms with Crippen LogP contribution in [0.25, 0.3) is 0 Å². The molecule has 2 aromatic heterocycles. The van der Waals surface area contributed by atoms with E-state index in [0.717, 1.165) is 31.6 Å². The first-order chi connectivity index (χ1) is 14.6. The van der Waals surface area contributed by atoms with Crippen molar-refractivity contribution >= 4 is 22.4 Å². The molecule has 0 aromatic carbocycles. The Bertz CT molecular complexity index is 892. The third kappa shape index (κ3) is 3.73. The van der Waals surface area contributed by atoms with E-state index in [1.807, 2.05) is 9.58 Å². The van der Waals surface area contributed by atoms with E-state index < -0.39 is 0 Å². The van der Waals surface area contributed by atoms with Crippen molar-refractivity contribution in [2.45, 2.75) is 63.0 Å². The highest BCUT2D eigenvalue weighted by Crippen LogP contribution is 2.43. The van der Waals surface area contributed by atoms with Gasteiger partial charge < -0.3 is 15.4 Å². The van der Waals surface area contributed by atoms with Gasteiger partial charge >= 0.3 is 0 Å². The van der Waals surface area contributed by atoms with Crippen molar-refractivity contribution < 1.29 is 9.53 Å². The van der Waals surface area contributed by atoms with E-state index in [1.54, 1.807) is 12.5 Å². The SMILES string of the molecule is CO[C@@H]1C[C@H]2CN(C(=O)c3csc(N)n3)C[C@H]2C[C@H]1n1cc(C2CCCCC2)nn1. The molecular formula is C21H30N6O2S. The molecule has 162 valence electrons. The Hall–Kier alpha value is -2.00. The standard InChI is InChI=1S/C21H30N6O2S/c1-29-19-8-15-10-26(20(28)17-12-30-21(22)23-17)9-14(15)7-18(19)27-11-16(24-25-27)13-5-3-2-4-6-13/h11-15,18-19H,2-10H2,1H3,(H2,22,23)/t14-,15+,18-,19-/m1/s1. The Morgan fingerprint density at radius 1 is 1.20 bits per heavy atom. The Morgan fingerprint density at radius 3 is 2.67 bits per heavy atom. The number of ether oxygens (including phenoxy) is 1. The fraction of sp³-hybridized carbons (Fsp3) is 0.714. The van der Waals surface area contributed by atoms with Crippen molar-refractivity contribution in [3.63, 3.8) is 0 Å². The third-order valence-corrected chi connectivity index (χ3v) is 7.98. The highest BCUT2D eigenvalue weighted by atomic mass is 32.1. The number of amides is 1. The molecule has 2 N–H and O–H groups in total. The first-order valence-corrected chi connectivity index (χ1v) is 11.9. The van der Waals surface area contributed by atoms with Crippen LogP contribution in [0.4, 0.5) is 5.13 Å². The van der Waals surface area contributed by atoms with E-state index in [-0.39, 0.29) is 18.1 Å². The minimum absolute atomic E-state index is 0.0109. The number of anilines is 1. The number of methoxy groups -OCH3 is 1. The average molecular weight is 431 g/mol. The zero-order valence-electron chi connectivity index (χ0n) is 17.4. The van der Waals surface area contributed by atoms with Crippen LogP contribution < -0.4 is 5.73 Å². The fourth-order valence-corrected chi connectivity index (χ4v) is 6.21. The Balaban J connectivity index is 1.29. The maximum absolute atomic E-state index is 12.8. The van der Waals surface area contributed by atoms with Gasteiger partial charge in [-0.05, 0) is 37.5 Å². The molecule has 0 spiro atoms. The van der Waals surface area contributed by atoms with Gasteiger partial charge in [-0.1, -0.05) is 24.5 Å². The largest absolute Gasteiger partial charge is 0.379 e.